The van der Waals surface area contributed by atoms with E-state index in [2.05, 4.69) is 25.8 Å². The van der Waals surface area contributed by atoms with Gasteiger partial charge in [0.1, 0.15) is 0 Å². The van der Waals surface area contributed by atoms with Crippen LogP contribution in [0, 0.1) is 5.92 Å². The molecule has 1 saturated heterocycles. The largest absolute Gasteiger partial charge is 0.343 e. The molecule has 1 fully saturated rings. The molecule has 1 rings (SSSR count). The van der Waals surface area contributed by atoms with Crippen molar-refractivity contribution in [3.05, 3.63) is 0 Å². The molecule has 0 aromatic rings. The lowest BCUT2D eigenvalue weighted by Crippen LogP contribution is -2.43. The van der Waals surface area contributed by atoms with Gasteiger partial charge in [-0.05, 0) is 45.2 Å². The van der Waals surface area contributed by atoms with Crippen LogP contribution in [0.2, 0.25) is 0 Å². The van der Waals surface area contributed by atoms with Crippen molar-refractivity contribution in [2.45, 2.75) is 64.8 Å². The minimum Gasteiger partial charge on any atom is -0.343 e. The summed E-state index contributed by atoms with van der Waals surface area (Å²) < 4.78 is 0. The number of nitrogens with two attached hydrogens (primary N) is 1. The van der Waals surface area contributed by atoms with Crippen LogP contribution >= 0.6 is 0 Å². The predicted octanol–water partition coefficient (Wildman–Crippen LogP) is 2.47. The van der Waals surface area contributed by atoms with E-state index < -0.39 is 0 Å². The second-order valence-electron chi connectivity index (χ2n) is 6.69. The maximum atomic E-state index is 12.2. The van der Waals surface area contributed by atoms with Crippen LogP contribution in [0.4, 0.5) is 0 Å². The van der Waals surface area contributed by atoms with Gasteiger partial charge in [0.25, 0.3) is 0 Å². The van der Waals surface area contributed by atoms with E-state index >= 15 is 0 Å². The van der Waals surface area contributed by atoms with Gasteiger partial charge in [-0.2, -0.15) is 0 Å². The summed E-state index contributed by atoms with van der Waals surface area (Å²) in [4.78, 5) is 16.7. The quantitative estimate of drug-likeness (QED) is 0.711. The van der Waals surface area contributed by atoms with Gasteiger partial charge in [0.2, 0.25) is 5.91 Å². The second kappa shape index (κ2) is 10.2. The molecule has 1 heterocycles. The first-order valence-electron chi connectivity index (χ1n) is 8.78. The van der Waals surface area contributed by atoms with Gasteiger partial charge in [0, 0.05) is 32.1 Å². The van der Waals surface area contributed by atoms with Gasteiger partial charge in [0.15, 0.2) is 0 Å². The van der Waals surface area contributed by atoms with E-state index in [0.29, 0.717) is 6.42 Å². The van der Waals surface area contributed by atoms with Crippen molar-refractivity contribution in [1.82, 2.24) is 9.80 Å². The number of hydrogen-bond acceptors (Lipinski definition) is 3. The molecule has 4 heteroatoms. The molecule has 0 spiro atoms. The number of hydrogen-bond donors (Lipinski definition) is 1. The normalized spacial score (nSPS) is 18.2. The lowest BCUT2D eigenvalue weighted by atomic mass is 9.95. The van der Waals surface area contributed by atoms with Gasteiger partial charge >= 0.3 is 0 Å². The molecule has 0 aromatic heterocycles. The van der Waals surface area contributed by atoms with E-state index in [0.717, 1.165) is 44.7 Å². The first-order valence-corrected chi connectivity index (χ1v) is 8.78. The van der Waals surface area contributed by atoms with Gasteiger partial charge in [-0.15, -0.1) is 0 Å². The van der Waals surface area contributed by atoms with Crippen LogP contribution in [0.25, 0.3) is 0 Å². The SMILES string of the molecule is CCCCN(C)CC1CCN(C(=O)CC(N)CCC)CC1. The Bertz CT molecular complexity index is 288. The van der Waals surface area contributed by atoms with Crippen molar-refractivity contribution in [2.24, 2.45) is 11.7 Å². The lowest BCUT2D eigenvalue weighted by molar-refractivity contribution is -0.133. The molecule has 1 unspecified atom stereocenters. The predicted molar refractivity (Wildman–Crippen MR) is 89.2 cm³/mol. The zero-order chi connectivity index (χ0) is 15.7. The smallest absolute Gasteiger partial charge is 0.224 e. The number of carbonyl (C=O) groups is 1. The zero-order valence-electron chi connectivity index (χ0n) is 14.3. The van der Waals surface area contributed by atoms with Crippen LogP contribution in [-0.2, 0) is 4.79 Å². The van der Waals surface area contributed by atoms with E-state index in [9.17, 15) is 4.79 Å². The summed E-state index contributed by atoms with van der Waals surface area (Å²) in [5.41, 5.74) is 5.98. The third-order valence-electron chi connectivity index (χ3n) is 4.53. The molecule has 0 radical (unpaired) electrons. The average Bonchev–Trinajstić information content (AvgIpc) is 2.46. The van der Waals surface area contributed by atoms with E-state index in [1.807, 2.05) is 4.90 Å². The Balaban J connectivity index is 2.23. The summed E-state index contributed by atoms with van der Waals surface area (Å²) in [6.45, 7) is 8.57. The number of amides is 1. The highest BCUT2D eigenvalue weighted by Crippen LogP contribution is 2.19. The Kier molecular flexibility index (Phi) is 8.93. The maximum Gasteiger partial charge on any atom is 0.224 e. The average molecular weight is 297 g/mol. The molecule has 1 amide bonds. The second-order valence-corrected chi connectivity index (χ2v) is 6.69. The number of carbonyl (C=O) groups excluding carboxylic acids is 1. The van der Waals surface area contributed by atoms with E-state index in [1.165, 1.54) is 25.9 Å². The summed E-state index contributed by atoms with van der Waals surface area (Å²) in [6.07, 6.45) is 7.36. The molecule has 0 saturated carbocycles. The van der Waals surface area contributed by atoms with Gasteiger partial charge in [0.05, 0.1) is 0 Å². The number of rotatable bonds is 9. The van der Waals surface area contributed by atoms with Gasteiger partial charge in [-0.1, -0.05) is 26.7 Å². The van der Waals surface area contributed by atoms with Crippen molar-refractivity contribution in [3.8, 4) is 0 Å². The molecule has 4 nitrogen and oxygen atoms in total. The third kappa shape index (κ3) is 7.28. The van der Waals surface area contributed by atoms with Crippen molar-refractivity contribution >= 4 is 5.91 Å². The molecule has 0 aromatic carbocycles. The minimum absolute atomic E-state index is 0.0420. The Labute approximate surface area is 131 Å². The fourth-order valence-corrected chi connectivity index (χ4v) is 3.15. The highest BCUT2D eigenvalue weighted by molar-refractivity contribution is 5.76. The number of nitrogens with zero attached hydrogens (tertiary/aromatic N) is 2. The molecule has 1 aliphatic heterocycles. The first kappa shape index (κ1) is 18.4. The van der Waals surface area contributed by atoms with Crippen molar-refractivity contribution in [3.63, 3.8) is 0 Å². The zero-order valence-corrected chi connectivity index (χ0v) is 14.3. The first-order chi connectivity index (χ1) is 10.1. The summed E-state index contributed by atoms with van der Waals surface area (Å²) >= 11 is 0. The fraction of sp³-hybridized carbons (Fsp3) is 0.941. The molecule has 0 bridgehead atoms. The van der Waals surface area contributed by atoms with Crippen LogP contribution in [-0.4, -0.2) is 55.0 Å². The fourth-order valence-electron chi connectivity index (χ4n) is 3.15. The topological polar surface area (TPSA) is 49.6 Å². The minimum atomic E-state index is 0.0420. The van der Waals surface area contributed by atoms with Crippen molar-refractivity contribution in [2.75, 3.05) is 33.2 Å². The Hall–Kier alpha value is -0.610. The number of likely N-dealkylation sites (tertiary alicyclic amines) is 1. The Morgan fingerprint density at radius 1 is 1.29 bits per heavy atom. The summed E-state index contributed by atoms with van der Waals surface area (Å²) in [7, 11) is 2.22. The highest BCUT2D eigenvalue weighted by atomic mass is 16.2. The molecule has 21 heavy (non-hydrogen) atoms. The van der Waals surface area contributed by atoms with E-state index in [4.69, 9.17) is 5.73 Å². The molecule has 124 valence electrons. The molecular weight excluding hydrogens is 262 g/mol. The third-order valence-corrected chi connectivity index (χ3v) is 4.53. The van der Waals surface area contributed by atoms with Crippen LogP contribution in [0.3, 0.4) is 0 Å². The van der Waals surface area contributed by atoms with Crippen molar-refractivity contribution < 1.29 is 4.79 Å². The van der Waals surface area contributed by atoms with Crippen LogP contribution in [0.15, 0.2) is 0 Å². The molecule has 1 atom stereocenters. The lowest BCUT2D eigenvalue weighted by Gasteiger charge is -2.34. The highest BCUT2D eigenvalue weighted by Gasteiger charge is 2.24. The summed E-state index contributed by atoms with van der Waals surface area (Å²) in [5.74, 6) is 1.01. The van der Waals surface area contributed by atoms with E-state index in [-0.39, 0.29) is 11.9 Å². The number of unbranched alkanes of at least 4 members (excludes halogenated alkanes) is 1. The summed E-state index contributed by atoms with van der Waals surface area (Å²) in [5, 5.41) is 0. The molecule has 2 N–H and O–H groups in total. The number of piperidine rings is 1. The Morgan fingerprint density at radius 2 is 1.95 bits per heavy atom. The van der Waals surface area contributed by atoms with Crippen molar-refractivity contribution in [1.29, 1.82) is 0 Å². The van der Waals surface area contributed by atoms with Gasteiger partial charge in [-0.3, -0.25) is 4.79 Å². The van der Waals surface area contributed by atoms with Crippen LogP contribution < -0.4 is 5.73 Å². The van der Waals surface area contributed by atoms with Crippen LogP contribution in [0.5, 0.6) is 0 Å². The van der Waals surface area contributed by atoms with E-state index in [1.54, 1.807) is 0 Å². The molecular formula is C17H35N3O. The Morgan fingerprint density at radius 3 is 2.52 bits per heavy atom. The molecule has 0 aliphatic carbocycles. The standard InChI is InChI=1S/C17H35N3O/c1-4-6-10-19(3)14-15-8-11-20(12-9-15)17(21)13-16(18)7-5-2/h15-16H,4-14,18H2,1-3H3. The van der Waals surface area contributed by atoms with Gasteiger partial charge < -0.3 is 15.5 Å². The monoisotopic (exact) mass is 297 g/mol. The van der Waals surface area contributed by atoms with Crippen LogP contribution in [0.1, 0.15) is 58.8 Å². The summed E-state index contributed by atoms with van der Waals surface area (Å²) in [6, 6.07) is 0.0420. The van der Waals surface area contributed by atoms with Gasteiger partial charge in [-0.25, -0.2) is 0 Å². The maximum absolute atomic E-state index is 12.2. The molecule has 1 aliphatic rings.